The largest absolute Gasteiger partial charge is 0.347 e. The van der Waals surface area contributed by atoms with Gasteiger partial charge in [-0.1, -0.05) is 31.5 Å². The van der Waals surface area contributed by atoms with Crippen LogP contribution in [-0.2, 0) is 9.59 Å². The summed E-state index contributed by atoms with van der Waals surface area (Å²) < 4.78 is 0. The molecule has 2 amide bonds. The summed E-state index contributed by atoms with van der Waals surface area (Å²) in [6, 6.07) is 3.65. The first kappa shape index (κ1) is 18.5. The minimum atomic E-state index is -0.701. The summed E-state index contributed by atoms with van der Waals surface area (Å²) in [6.07, 6.45) is 0. The number of hydrogen-bond donors (Lipinski definition) is 2. The van der Waals surface area contributed by atoms with Gasteiger partial charge in [-0.2, -0.15) is 0 Å². The highest BCUT2D eigenvalue weighted by Crippen LogP contribution is 2.27. The quantitative estimate of drug-likeness (QED) is 0.789. The molecule has 1 rings (SSSR count). The van der Waals surface area contributed by atoms with Gasteiger partial charge in [-0.25, -0.2) is 0 Å². The van der Waals surface area contributed by atoms with Crippen molar-refractivity contribution in [3.63, 3.8) is 0 Å². The average molecular weight is 326 g/mol. The first-order chi connectivity index (χ1) is 10.4. The number of hydrogen-bond acceptors (Lipinski definition) is 3. The van der Waals surface area contributed by atoms with Crippen molar-refractivity contribution >= 4 is 29.1 Å². The molecule has 0 spiro atoms. The normalized spacial score (nSPS) is 10.6. The number of likely N-dealkylation sites (N-methyl/N-ethyl adjacent to an activating group) is 1. The van der Waals surface area contributed by atoms with Crippen molar-refractivity contribution in [2.24, 2.45) is 0 Å². The second-order valence-corrected chi connectivity index (χ2v) is 5.58. The van der Waals surface area contributed by atoms with E-state index >= 15 is 0 Å². The summed E-state index contributed by atoms with van der Waals surface area (Å²) in [5.74, 6) is -1.35. The number of carbonyl (C=O) groups excluding carboxylic acids is 2. The molecule has 0 atom stereocenters. The predicted molar refractivity (Wildman–Crippen MR) is 90.4 cm³/mol. The first-order valence-electron chi connectivity index (χ1n) is 7.47. The lowest BCUT2D eigenvalue weighted by atomic mass is 10.1. The Morgan fingerprint density at radius 2 is 1.77 bits per heavy atom. The number of nitrogens with one attached hydrogen (secondary N) is 2. The van der Waals surface area contributed by atoms with Crippen molar-refractivity contribution in [1.82, 2.24) is 10.2 Å². The molecule has 6 heteroatoms. The topological polar surface area (TPSA) is 61.4 Å². The number of rotatable bonds is 6. The van der Waals surface area contributed by atoms with E-state index in [2.05, 4.69) is 29.4 Å². The summed E-state index contributed by atoms with van der Waals surface area (Å²) in [5.41, 5.74) is 2.31. The molecule has 0 heterocycles. The molecule has 1 aromatic rings. The Morgan fingerprint density at radius 1 is 1.14 bits per heavy atom. The summed E-state index contributed by atoms with van der Waals surface area (Å²) in [7, 11) is 0. The molecule has 22 heavy (non-hydrogen) atoms. The highest BCUT2D eigenvalue weighted by Gasteiger charge is 2.16. The minimum Gasteiger partial charge on any atom is -0.347 e. The molecule has 0 fully saturated rings. The molecule has 1 aromatic carbocycles. The Balaban J connectivity index is 2.57. The average Bonchev–Trinajstić information content (AvgIpc) is 2.46. The lowest BCUT2D eigenvalue weighted by molar-refractivity contribution is -0.136. The zero-order valence-corrected chi connectivity index (χ0v) is 14.4. The van der Waals surface area contributed by atoms with Crippen LogP contribution in [-0.4, -0.2) is 42.9 Å². The second-order valence-electron chi connectivity index (χ2n) is 5.18. The van der Waals surface area contributed by atoms with Crippen LogP contribution in [0.5, 0.6) is 0 Å². The maximum absolute atomic E-state index is 11.9. The molecule has 122 valence electrons. The van der Waals surface area contributed by atoms with Gasteiger partial charge in [0.15, 0.2) is 0 Å². The summed E-state index contributed by atoms with van der Waals surface area (Å²) in [6.45, 7) is 10.9. The minimum absolute atomic E-state index is 0.432. The Labute approximate surface area is 137 Å². The zero-order chi connectivity index (χ0) is 16.7. The predicted octanol–water partition coefficient (Wildman–Crippen LogP) is 2.35. The van der Waals surface area contributed by atoms with Gasteiger partial charge in [0.05, 0.1) is 10.7 Å². The second kappa shape index (κ2) is 8.76. The van der Waals surface area contributed by atoms with E-state index in [1.807, 2.05) is 19.9 Å². The van der Waals surface area contributed by atoms with Gasteiger partial charge in [0.25, 0.3) is 0 Å². The van der Waals surface area contributed by atoms with Crippen LogP contribution in [0.3, 0.4) is 0 Å². The van der Waals surface area contributed by atoms with E-state index in [1.54, 1.807) is 6.07 Å². The van der Waals surface area contributed by atoms with Crippen molar-refractivity contribution in [3.8, 4) is 0 Å². The molecule has 0 saturated heterocycles. The van der Waals surface area contributed by atoms with Crippen molar-refractivity contribution in [2.45, 2.75) is 27.7 Å². The number of halogens is 1. The van der Waals surface area contributed by atoms with E-state index < -0.39 is 11.8 Å². The van der Waals surface area contributed by atoms with Crippen molar-refractivity contribution in [1.29, 1.82) is 0 Å². The third-order valence-corrected chi connectivity index (χ3v) is 3.78. The van der Waals surface area contributed by atoms with Crippen LogP contribution in [0.15, 0.2) is 12.1 Å². The third kappa shape index (κ3) is 5.31. The maximum atomic E-state index is 11.9. The summed E-state index contributed by atoms with van der Waals surface area (Å²) in [4.78, 5) is 25.9. The van der Waals surface area contributed by atoms with Crippen LogP contribution >= 0.6 is 11.6 Å². The van der Waals surface area contributed by atoms with Crippen LogP contribution in [0, 0.1) is 13.8 Å². The van der Waals surface area contributed by atoms with Gasteiger partial charge >= 0.3 is 11.8 Å². The van der Waals surface area contributed by atoms with Crippen LogP contribution in [0.1, 0.15) is 25.0 Å². The van der Waals surface area contributed by atoms with Crippen molar-refractivity contribution < 1.29 is 9.59 Å². The summed E-state index contributed by atoms with van der Waals surface area (Å²) >= 11 is 6.11. The van der Waals surface area contributed by atoms with Gasteiger partial charge in [-0.05, 0) is 44.1 Å². The highest BCUT2D eigenvalue weighted by atomic mass is 35.5. The highest BCUT2D eigenvalue weighted by molar-refractivity contribution is 6.41. The number of benzene rings is 1. The monoisotopic (exact) mass is 325 g/mol. The van der Waals surface area contributed by atoms with E-state index in [1.165, 1.54) is 0 Å². The van der Waals surface area contributed by atoms with E-state index in [-0.39, 0.29) is 0 Å². The van der Waals surface area contributed by atoms with Gasteiger partial charge in [0, 0.05) is 13.1 Å². The smallest absolute Gasteiger partial charge is 0.313 e. The summed E-state index contributed by atoms with van der Waals surface area (Å²) in [5, 5.41) is 5.62. The standard InChI is InChI=1S/C16H24ClN3O2/c1-5-20(6-2)8-7-18-15(21)16(22)19-14-12(4)9-11(3)10-13(14)17/h9-10H,5-8H2,1-4H3,(H,18,21)(H,19,22). The van der Waals surface area contributed by atoms with Gasteiger partial charge in [-0.3, -0.25) is 9.59 Å². The molecule has 0 aliphatic carbocycles. The van der Waals surface area contributed by atoms with E-state index in [4.69, 9.17) is 11.6 Å². The fourth-order valence-electron chi connectivity index (χ4n) is 2.19. The van der Waals surface area contributed by atoms with E-state index in [9.17, 15) is 9.59 Å². The molecule has 0 aromatic heterocycles. The molecule has 5 nitrogen and oxygen atoms in total. The fourth-order valence-corrected chi connectivity index (χ4v) is 2.56. The van der Waals surface area contributed by atoms with Gasteiger partial charge in [-0.15, -0.1) is 0 Å². The molecule has 0 bridgehead atoms. The number of anilines is 1. The fraction of sp³-hybridized carbons (Fsp3) is 0.500. The molecule has 2 N–H and O–H groups in total. The van der Waals surface area contributed by atoms with Crippen LogP contribution < -0.4 is 10.6 Å². The molecular weight excluding hydrogens is 302 g/mol. The molecule has 0 unspecified atom stereocenters. The first-order valence-corrected chi connectivity index (χ1v) is 7.85. The van der Waals surface area contributed by atoms with E-state index in [0.717, 1.165) is 30.8 Å². The number of nitrogens with zero attached hydrogens (tertiary/aromatic N) is 1. The Hall–Kier alpha value is -1.59. The van der Waals surface area contributed by atoms with Crippen LogP contribution in [0.4, 0.5) is 5.69 Å². The zero-order valence-electron chi connectivity index (χ0n) is 13.6. The Morgan fingerprint density at radius 3 is 2.32 bits per heavy atom. The van der Waals surface area contributed by atoms with Gasteiger partial charge in [0.1, 0.15) is 0 Å². The number of amides is 2. The molecule has 0 aliphatic heterocycles. The molecular formula is C16H24ClN3O2. The lowest BCUT2D eigenvalue weighted by Crippen LogP contribution is -2.40. The van der Waals surface area contributed by atoms with Crippen LogP contribution in [0.2, 0.25) is 5.02 Å². The van der Waals surface area contributed by atoms with Crippen molar-refractivity contribution in [2.75, 3.05) is 31.5 Å². The molecule has 0 saturated carbocycles. The van der Waals surface area contributed by atoms with Gasteiger partial charge in [0.2, 0.25) is 0 Å². The third-order valence-electron chi connectivity index (χ3n) is 3.48. The lowest BCUT2D eigenvalue weighted by Gasteiger charge is -2.18. The maximum Gasteiger partial charge on any atom is 0.313 e. The van der Waals surface area contributed by atoms with E-state index in [0.29, 0.717) is 17.3 Å². The number of aryl methyl sites for hydroxylation is 2. The number of carbonyl (C=O) groups is 2. The molecule has 0 radical (unpaired) electrons. The SMILES string of the molecule is CCN(CC)CCNC(=O)C(=O)Nc1c(C)cc(C)cc1Cl. The Bertz CT molecular complexity index is 519. The van der Waals surface area contributed by atoms with Crippen LogP contribution in [0.25, 0.3) is 0 Å². The van der Waals surface area contributed by atoms with Crippen molar-refractivity contribution in [3.05, 3.63) is 28.3 Å². The Kier molecular flexibility index (Phi) is 7.35. The van der Waals surface area contributed by atoms with Gasteiger partial charge < -0.3 is 15.5 Å². The molecule has 0 aliphatic rings.